The van der Waals surface area contributed by atoms with Crippen molar-refractivity contribution in [3.8, 4) is 0 Å². The Hall–Kier alpha value is -0.0400. The van der Waals surface area contributed by atoms with Gasteiger partial charge < -0.3 is 5.73 Å². The van der Waals surface area contributed by atoms with Gasteiger partial charge in [0, 0.05) is 24.7 Å². The highest BCUT2D eigenvalue weighted by Crippen LogP contribution is 2.27. The molecule has 0 aliphatic heterocycles. The Balaban J connectivity index is 0.00000289. The highest BCUT2D eigenvalue weighted by molar-refractivity contribution is 7.89. The van der Waals surface area contributed by atoms with Gasteiger partial charge in [-0.15, -0.1) is 12.4 Å². The van der Waals surface area contributed by atoms with Crippen LogP contribution >= 0.6 is 35.6 Å². The van der Waals surface area contributed by atoms with Crippen molar-refractivity contribution >= 4 is 45.6 Å². The van der Waals surface area contributed by atoms with Crippen LogP contribution in [0, 0.1) is 0 Å². The fourth-order valence-corrected chi connectivity index (χ4v) is 3.32. The van der Waals surface area contributed by atoms with Crippen LogP contribution in [0.1, 0.15) is 6.92 Å². The molecule has 0 spiro atoms. The van der Waals surface area contributed by atoms with E-state index >= 15 is 0 Å². The summed E-state index contributed by atoms with van der Waals surface area (Å²) >= 11 is 11.7. The Labute approximate surface area is 124 Å². The molecule has 1 unspecified atom stereocenters. The van der Waals surface area contributed by atoms with Crippen LogP contribution in [-0.2, 0) is 10.0 Å². The van der Waals surface area contributed by atoms with Crippen molar-refractivity contribution in [1.29, 1.82) is 0 Å². The van der Waals surface area contributed by atoms with Gasteiger partial charge in [-0.3, -0.25) is 0 Å². The van der Waals surface area contributed by atoms with Gasteiger partial charge in [0.2, 0.25) is 10.0 Å². The van der Waals surface area contributed by atoms with Crippen LogP contribution in [0.2, 0.25) is 10.0 Å². The highest BCUT2D eigenvalue weighted by Gasteiger charge is 2.26. The van der Waals surface area contributed by atoms with E-state index in [4.69, 9.17) is 28.9 Å². The van der Waals surface area contributed by atoms with E-state index in [1.807, 2.05) is 0 Å². The lowest BCUT2D eigenvalue weighted by Gasteiger charge is -2.23. The van der Waals surface area contributed by atoms with Crippen LogP contribution in [0.5, 0.6) is 0 Å². The Bertz CT molecular complexity index is 508. The number of nitrogens with zero attached hydrogens (tertiary/aromatic N) is 1. The fraction of sp³-hybridized carbons (Fsp3) is 0.400. The minimum absolute atomic E-state index is 0. The van der Waals surface area contributed by atoms with Crippen LogP contribution in [0.15, 0.2) is 23.1 Å². The van der Waals surface area contributed by atoms with Crippen LogP contribution in [0.4, 0.5) is 0 Å². The molecule has 1 rings (SSSR count). The predicted molar refractivity (Wildman–Crippen MR) is 77.2 cm³/mol. The number of sulfonamides is 1. The number of hydrogen-bond acceptors (Lipinski definition) is 3. The van der Waals surface area contributed by atoms with Crippen molar-refractivity contribution in [1.82, 2.24) is 4.31 Å². The molecule has 1 aromatic carbocycles. The number of halogens is 3. The third-order valence-electron chi connectivity index (χ3n) is 2.51. The molecule has 1 aromatic rings. The fourth-order valence-electron chi connectivity index (χ4n) is 1.22. The standard InChI is InChI=1S/C10H14Cl2N2O2S.ClH/c1-7(6-13)14(2)17(15,16)10-5-8(11)3-4-9(10)12;/h3-5,7H,6,13H2,1-2H3;1H. The van der Waals surface area contributed by atoms with Gasteiger partial charge in [0.1, 0.15) is 4.90 Å². The maximum absolute atomic E-state index is 12.2. The van der Waals surface area contributed by atoms with E-state index in [2.05, 4.69) is 0 Å². The van der Waals surface area contributed by atoms with Crippen LogP contribution in [-0.4, -0.2) is 32.4 Å². The Morgan fingerprint density at radius 2 is 1.94 bits per heavy atom. The van der Waals surface area contributed by atoms with Gasteiger partial charge in [-0.25, -0.2) is 8.42 Å². The van der Waals surface area contributed by atoms with Gasteiger partial charge in [-0.1, -0.05) is 23.2 Å². The first-order valence-corrected chi connectivity index (χ1v) is 7.13. The lowest BCUT2D eigenvalue weighted by molar-refractivity contribution is 0.394. The molecule has 0 bridgehead atoms. The van der Waals surface area contributed by atoms with Gasteiger partial charge >= 0.3 is 0 Å². The zero-order valence-electron chi connectivity index (χ0n) is 9.93. The summed E-state index contributed by atoms with van der Waals surface area (Å²) in [5.74, 6) is 0. The van der Waals surface area contributed by atoms with Crippen LogP contribution < -0.4 is 5.73 Å². The topological polar surface area (TPSA) is 63.4 Å². The molecule has 1 atom stereocenters. The Morgan fingerprint density at radius 3 is 2.44 bits per heavy atom. The smallest absolute Gasteiger partial charge is 0.244 e. The van der Waals surface area contributed by atoms with Gasteiger partial charge in [0.05, 0.1) is 5.02 Å². The molecule has 4 nitrogen and oxygen atoms in total. The Morgan fingerprint density at radius 1 is 1.39 bits per heavy atom. The van der Waals surface area contributed by atoms with E-state index in [0.717, 1.165) is 0 Å². The van der Waals surface area contributed by atoms with Crippen molar-refractivity contribution < 1.29 is 8.42 Å². The first-order valence-electron chi connectivity index (χ1n) is 4.94. The summed E-state index contributed by atoms with van der Waals surface area (Å²) < 4.78 is 25.7. The summed E-state index contributed by atoms with van der Waals surface area (Å²) in [5, 5.41) is 0.465. The summed E-state index contributed by atoms with van der Waals surface area (Å²) in [6, 6.07) is 4.02. The molecule has 0 saturated carbocycles. The molecule has 0 fully saturated rings. The quantitative estimate of drug-likeness (QED) is 0.920. The average molecular weight is 334 g/mol. The molecular weight excluding hydrogens is 319 g/mol. The van der Waals surface area contributed by atoms with E-state index in [-0.39, 0.29) is 34.9 Å². The number of nitrogens with two attached hydrogens (primary N) is 1. The minimum atomic E-state index is -3.67. The van der Waals surface area contributed by atoms with Gasteiger partial charge in [0.15, 0.2) is 0 Å². The maximum atomic E-state index is 12.2. The van der Waals surface area contributed by atoms with Gasteiger partial charge in [-0.05, 0) is 25.1 Å². The second kappa shape index (κ2) is 6.93. The number of rotatable bonds is 4. The summed E-state index contributed by atoms with van der Waals surface area (Å²) in [6.07, 6.45) is 0. The molecule has 18 heavy (non-hydrogen) atoms. The predicted octanol–water partition coefficient (Wildman–Crippen LogP) is 2.38. The summed E-state index contributed by atoms with van der Waals surface area (Å²) in [5.41, 5.74) is 5.45. The number of likely N-dealkylation sites (N-methyl/N-ethyl adjacent to an activating group) is 1. The van der Waals surface area contributed by atoms with Crippen molar-refractivity contribution in [2.45, 2.75) is 17.9 Å². The van der Waals surface area contributed by atoms with Crippen LogP contribution in [0.25, 0.3) is 0 Å². The van der Waals surface area contributed by atoms with E-state index in [1.165, 1.54) is 29.6 Å². The molecule has 0 aliphatic rings. The lowest BCUT2D eigenvalue weighted by Crippen LogP contribution is -2.39. The second-order valence-corrected chi connectivity index (χ2v) is 6.49. The molecule has 0 aliphatic carbocycles. The van der Waals surface area contributed by atoms with Gasteiger partial charge in [-0.2, -0.15) is 4.31 Å². The van der Waals surface area contributed by atoms with E-state index in [0.29, 0.717) is 5.02 Å². The zero-order chi connectivity index (χ0) is 13.2. The van der Waals surface area contributed by atoms with E-state index < -0.39 is 10.0 Å². The highest BCUT2D eigenvalue weighted by atomic mass is 35.5. The van der Waals surface area contributed by atoms with Crippen molar-refractivity contribution in [2.24, 2.45) is 5.73 Å². The monoisotopic (exact) mass is 332 g/mol. The molecule has 104 valence electrons. The third-order valence-corrected chi connectivity index (χ3v) is 5.20. The normalized spacial score (nSPS) is 13.2. The van der Waals surface area contributed by atoms with E-state index in [9.17, 15) is 8.42 Å². The maximum Gasteiger partial charge on any atom is 0.244 e. The lowest BCUT2D eigenvalue weighted by atomic mass is 10.4. The SMILES string of the molecule is CC(CN)N(C)S(=O)(=O)c1cc(Cl)ccc1Cl.Cl. The molecule has 2 N–H and O–H groups in total. The first kappa shape index (κ1) is 18.0. The van der Waals surface area contributed by atoms with Crippen molar-refractivity contribution in [3.63, 3.8) is 0 Å². The Kier molecular flexibility index (Phi) is 6.92. The number of hydrogen-bond donors (Lipinski definition) is 1. The summed E-state index contributed by atoms with van der Waals surface area (Å²) in [4.78, 5) is -0.00512. The zero-order valence-corrected chi connectivity index (χ0v) is 13.1. The molecule has 8 heteroatoms. The molecule has 0 aromatic heterocycles. The largest absolute Gasteiger partial charge is 0.329 e. The van der Waals surface area contributed by atoms with Gasteiger partial charge in [0.25, 0.3) is 0 Å². The summed E-state index contributed by atoms with van der Waals surface area (Å²) in [6.45, 7) is 1.95. The number of benzene rings is 1. The second-order valence-electron chi connectivity index (χ2n) is 3.68. The van der Waals surface area contributed by atoms with Crippen LogP contribution in [0.3, 0.4) is 0 Å². The molecule has 0 radical (unpaired) electrons. The van der Waals surface area contributed by atoms with Crippen molar-refractivity contribution in [3.05, 3.63) is 28.2 Å². The molecule has 0 saturated heterocycles. The minimum Gasteiger partial charge on any atom is -0.329 e. The molecule has 0 amide bonds. The average Bonchev–Trinajstić information content (AvgIpc) is 2.30. The molecular formula is C10H15Cl3N2O2S. The molecule has 0 heterocycles. The third kappa shape index (κ3) is 3.73. The summed E-state index contributed by atoms with van der Waals surface area (Å²) in [7, 11) is -2.20. The first-order chi connectivity index (χ1) is 7.80. The van der Waals surface area contributed by atoms with Crippen molar-refractivity contribution in [2.75, 3.05) is 13.6 Å². The van der Waals surface area contributed by atoms with E-state index in [1.54, 1.807) is 6.92 Å².